The first-order chi connectivity index (χ1) is 13.7. The number of thioether (sulfide) groups is 1. The van der Waals surface area contributed by atoms with Crippen molar-refractivity contribution in [3.63, 3.8) is 0 Å². The molecule has 0 aliphatic carbocycles. The molecule has 0 bridgehead atoms. The van der Waals surface area contributed by atoms with Gasteiger partial charge in [-0.25, -0.2) is 0 Å². The molecule has 1 amide bonds. The summed E-state index contributed by atoms with van der Waals surface area (Å²) in [5.74, 6) is 1.77. The molecular formula is C19H26N4O4S. The highest BCUT2D eigenvalue weighted by atomic mass is 32.2. The number of carbonyl (C=O) groups excluding carboxylic acids is 1. The molecule has 3 rings (SSSR count). The average molecular weight is 407 g/mol. The standard InChI is InChI=1S/C19H26N4O4S/c1-25-11-9-20-17(24)13-28-19-22-21-18(14-5-7-15(26-2)8-6-14)23(19)12-16-4-3-10-27-16/h5-8,16H,3-4,9-13H2,1-2H3,(H,20,24)/t16-/m1/s1. The van der Waals surface area contributed by atoms with Crippen molar-refractivity contribution < 1.29 is 19.0 Å². The molecule has 1 aromatic heterocycles. The van der Waals surface area contributed by atoms with E-state index in [1.165, 1.54) is 11.8 Å². The molecule has 1 atom stereocenters. The minimum absolute atomic E-state index is 0.0558. The van der Waals surface area contributed by atoms with Gasteiger partial charge in [0.2, 0.25) is 5.91 Å². The largest absolute Gasteiger partial charge is 0.497 e. The third-order valence-corrected chi connectivity index (χ3v) is 5.40. The van der Waals surface area contributed by atoms with E-state index in [-0.39, 0.29) is 17.8 Å². The summed E-state index contributed by atoms with van der Waals surface area (Å²) in [4.78, 5) is 12.0. The number of rotatable bonds is 10. The average Bonchev–Trinajstić information content (AvgIpc) is 3.37. The quantitative estimate of drug-likeness (QED) is 0.477. The number of methoxy groups -OCH3 is 2. The van der Waals surface area contributed by atoms with E-state index in [2.05, 4.69) is 15.5 Å². The van der Waals surface area contributed by atoms with Gasteiger partial charge in [-0.15, -0.1) is 10.2 Å². The van der Waals surface area contributed by atoms with Crippen LogP contribution in [0.3, 0.4) is 0 Å². The van der Waals surface area contributed by atoms with Crippen molar-refractivity contribution >= 4 is 17.7 Å². The van der Waals surface area contributed by atoms with Crippen molar-refractivity contribution in [3.8, 4) is 17.1 Å². The summed E-state index contributed by atoms with van der Waals surface area (Å²) in [6.45, 7) is 2.44. The molecule has 0 saturated carbocycles. The molecule has 1 aliphatic heterocycles. The lowest BCUT2D eigenvalue weighted by molar-refractivity contribution is -0.118. The number of carbonyl (C=O) groups is 1. The second-order valence-corrected chi connectivity index (χ2v) is 7.35. The smallest absolute Gasteiger partial charge is 0.230 e. The molecule has 1 aliphatic rings. The molecule has 2 aromatic rings. The van der Waals surface area contributed by atoms with Crippen LogP contribution in [0.5, 0.6) is 5.75 Å². The fraction of sp³-hybridized carbons (Fsp3) is 0.526. The van der Waals surface area contributed by atoms with Gasteiger partial charge in [0.05, 0.1) is 32.1 Å². The van der Waals surface area contributed by atoms with Crippen LogP contribution in [0.25, 0.3) is 11.4 Å². The van der Waals surface area contributed by atoms with Gasteiger partial charge in [0.15, 0.2) is 11.0 Å². The molecule has 2 heterocycles. The zero-order chi connectivity index (χ0) is 19.8. The van der Waals surface area contributed by atoms with Crippen molar-refractivity contribution in [2.24, 2.45) is 0 Å². The van der Waals surface area contributed by atoms with Gasteiger partial charge in [-0.1, -0.05) is 11.8 Å². The zero-order valence-corrected chi connectivity index (χ0v) is 17.0. The van der Waals surface area contributed by atoms with Crippen LogP contribution in [0.2, 0.25) is 0 Å². The molecule has 0 spiro atoms. The molecule has 1 aromatic carbocycles. The third kappa shape index (κ3) is 5.46. The monoisotopic (exact) mass is 406 g/mol. The van der Waals surface area contributed by atoms with Crippen LogP contribution in [0.15, 0.2) is 29.4 Å². The van der Waals surface area contributed by atoms with Gasteiger partial charge in [-0.3, -0.25) is 9.36 Å². The predicted octanol–water partition coefficient (Wildman–Crippen LogP) is 1.99. The second kappa shape index (κ2) is 10.4. The summed E-state index contributed by atoms with van der Waals surface area (Å²) < 4.78 is 18.0. The highest BCUT2D eigenvalue weighted by Gasteiger charge is 2.22. The minimum Gasteiger partial charge on any atom is -0.497 e. The number of aromatic nitrogens is 3. The maximum absolute atomic E-state index is 12.0. The highest BCUT2D eigenvalue weighted by molar-refractivity contribution is 7.99. The Morgan fingerprint density at radius 3 is 2.82 bits per heavy atom. The van der Waals surface area contributed by atoms with Crippen molar-refractivity contribution in [1.29, 1.82) is 0 Å². The molecule has 9 heteroatoms. The summed E-state index contributed by atoms with van der Waals surface area (Å²) in [5.41, 5.74) is 0.947. The molecule has 1 saturated heterocycles. The number of nitrogens with one attached hydrogen (secondary N) is 1. The van der Waals surface area contributed by atoms with E-state index in [1.54, 1.807) is 14.2 Å². The molecule has 28 heavy (non-hydrogen) atoms. The van der Waals surface area contributed by atoms with Gasteiger partial charge in [0.25, 0.3) is 0 Å². The minimum atomic E-state index is -0.0558. The normalized spacial score (nSPS) is 16.3. The second-order valence-electron chi connectivity index (χ2n) is 6.41. The van der Waals surface area contributed by atoms with Gasteiger partial charge < -0.3 is 19.5 Å². The van der Waals surface area contributed by atoms with Gasteiger partial charge in [0.1, 0.15) is 5.75 Å². The van der Waals surface area contributed by atoms with Crippen LogP contribution in [0.1, 0.15) is 12.8 Å². The van der Waals surface area contributed by atoms with E-state index in [0.29, 0.717) is 24.9 Å². The number of ether oxygens (including phenoxy) is 3. The summed E-state index contributed by atoms with van der Waals surface area (Å²) in [6.07, 6.45) is 2.22. The fourth-order valence-electron chi connectivity index (χ4n) is 2.98. The Morgan fingerprint density at radius 1 is 1.32 bits per heavy atom. The van der Waals surface area contributed by atoms with Crippen LogP contribution >= 0.6 is 11.8 Å². The number of hydrogen-bond donors (Lipinski definition) is 1. The van der Waals surface area contributed by atoms with Crippen LogP contribution in [0.4, 0.5) is 0 Å². The van der Waals surface area contributed by atoms with Crippen molar-refractivity contribution in [2.75, 3.05) is 39.7 Å². The third-order valence-electron chi connectivity index (χ3n) is 4.44. The maximum Gasteiger partial charge on any atom is 0.230 e. The number of hydrogen-bond acceptors (Lipinski definition) is 7. The number of amides is 1. The van der Waals surface area contributed by atoms with E-state index in [1.807, 2.05) is 28.8 Å². The summed E-state index contributed by atoms with van der Waals surface area (Å²) >= 11 is 1.38. The summed E-state index contributed by atoms with van der Waals surface area (Å²) in [5, 5.41) is 12.2. The Kier molecular flexibility index (Phi) is 7.70. The van der Waals surface area contributed by atoms with Crippen LogP contribution in [-0.2, 0) is 20.8 Å². The molecule has 0 radical (unpaired) electrons. The van der Waals surface area contributed by atoms with Crippen LogP contribution in [-0.4, -0.2) is 66.5 Å². The molecule has 0 unspecified atom stereocenters. The first kappa shape index (κ1) is 20.6. The lowest BCUT2D eigenvalue weighted by atomic mass is 10.2. The Hall–Kier alpha value is -2.10. The zero-order valence-electron chi connectivity index (χ0n) is 16.2. The van der Waals surface area contributed by atoms with Gasteiger partial charge in [-0.2, -0.15) is 0 Å². The van der Waals surface area contributed by atoms with E-state index in [9.17, 15) is 4.79 Å². The van der Waals surface area contributed by atoms with E-state index in [0.717, 1.165) is 36.6 Å². The summed E-state index contributed by atoms with van der Waals surface area (Å²) in [7, 11) is 3.25. The Labute approximate surface area is 168 Å². The van der Waals surface area contributed by atoms with E-state index in [4.69, 9.17) is 14.2 Å². The van der Waals surface area contributed by atoms with Gasteiger partial charge in [0, 0.05) is 25.8 Å². The molecule has 8 nitrogen and oxygen atoms in total. The van der Waals surface area contributed by atoms with Gasteiger partial charge >= 0.3 is 0 Å². The first-order valence-corrected chi connectivity index (χ1v) is 10.3. The highest BCUT2D eigenvalue weighted by Crippen LogP contribution is 2.27. The Balaban J connectivity index is 1.74. The lowest BCUT2D eigenvalue weighted by Crippen LogP contribution is -2.28. The van der Waals surface area contributed by atoms with Crippen molar-refractivity contribution in [2.45, 2.75) is 30.6 Å². The Morgan fingerprint density at radius 2 is 2.14 bits per heavy atom. The lowest BCUT2D eigenvalue weighted by Gasteiger charge is -2.15. The van der Waals surface area contributed by atoms with E-state index < -0.39 is 0 Å². The van der Waals surface area contributed by atoms with Crippen molar-refractivity contribution in [3.05, 3.63) is 24.3 Å². The molecule has 1 fully saturated rings. The first-order valence-electron chi connectivity index (χ1n) is 9.29. The number of nitrogens with zero attached hydrogens (tertiary/aromatic N) is 3. The van der Waals surface area contributed by atoms with Gasteiger partial charge in [-0.05, 0) is 37.1 Å². The maximum atomic E-state index is 12.0. The summed E-state index contributed by atoms with van der Waals surface area (Å²) in [6, 6.07) is 7.72. The number of benzene rings is 1. The molecule has 152 valence electrons. The van der Waals surface area contributed by atoms with Crippen LogP contribution < -0.4 is 10.1 Å². The SMILES string of the molecule is COCCNC(=O)CSc1nnc(-c2ccc(OC)cc2)n1C[C@H]1CCCO1. The molecular weight excluding hydrogens is 380 g/mol. The predicted molar refractivity (Wildman–Crippen MR) is 107 cm³/mol. The van der Waals surface area contributed by atoms with Crippen molar-refractivity contribution in [1.82, 2.24) is 20.1 Å². The topological polar surface area (TPSA) is 87.5 Å². The Bertz CT molecular complexity index is 760. The van der Waals surface area contributed by atoms with Crippen LogP contribution in [0, 0.1) is 0 Å². The molecule has 1 N–H and O–H groups in total. The fourth-order valence-corrected chi connectivity index (χ4v) is 3.76. The van der Waals surface area contributed by atoms with E-state index >= 15 is 0 Å².